The summed E-state index contributed by atoms with van der Waals surface area (Å²) in [5, 5.41) is 15.9. The molecule has 0 bridgehead atoms. The molecule has 0 saturated heterocycles. The molecule has 0 aliphatic carbocycles. The van der Waals surface area contributed by atoms with Crippen LogP contribution >= 0.6 is 0 Å². The quantitative estimate of drug-likeness (QED) is 0.501. The van der Waals surface area contributed by atoms with E-state index in [1.54, 1.807) is 11.7 Å². The second-order valence-electron chi connectivity index (χ2n) is 3.59. The van der Waals surface area contributed by atoms with E-state index in [1.807, 2.05) is 37.3 Å². The zero-order chi connectivity index (χ0) is 12.3. The SMILES string of the molecule is Cc1nn(C)c(Oc2ccccc2)c1/C=N\O. The van der Waals surface area contributed by atoms with Gasteiger partial charge in [-0.2, -0.15) is 5.10 Å². The Kier molecular flexibility index (Phi) is 3.09. The second kappa shape index (κ2) is 4.69. The van der Waals surface area contributed by atoms with Gasteiger partial charge in [-0.25, -0.2) is 4.68 Å². The Morgan fingerprint density at radius 2 is 2.06 bits per heavy atom. The molecule has 1 N–H and O–H groups in total. The molecule has 0 unspecified atom stereocenters. The summed E-state index contributed by atoms with van der Waals surface area (Å²) >= 11 is 0. The standard InChI is InChI=1S/C12H13N3O2/c1-9-11(8-13-16)12(15(2)14-9)17-10-6-4-3-5-7-10/h3-8,16H,1-2H3/b13-8-. The van der Waals surface area contributed by atoms with Crippen molar-refractivity contribution in [1.82, 2.24) is 9.78 Å². The molecule has 1 aromatic carbocycles. The summed E-state index contributed by atoms with van der Waals surface area (Å²) < 4.78 is 7.32. The molecule has 0 atom stereocenters. The molecule has 0 amide bonds. The highest BCUT2D eigenvalue weighted by molar-refractivity contribution is 5.84. The zero-order valence-corrected chi connectivity index (χ0v) is 9.66. The number of benzene rings is 1. The van der Waals surface area contributed by atoms with E-state index in [-0.39, 0.29) is 0 Å². The maximum Gasteiger partial charge on any atom is 0.226 e. The monoisotopic (exact) mass is 231 g/mol. The fourth-order valence-corrected chi connectivity index (χ4v) is 1.58. The minimum atomic E-state index is 0.548. The Balaban J connectivity index is 2.38. The van der Waals surface area contributed by atoms with Crippen LogP contribution < -0.4 is 4.74 Å². The summed E-state index contributed by atoms with van der Waals surface area (Å²) in [6, 6.07) is 9.39. The van der Waals surface area contributed by atoms with Gasteiger partial charge in [0.15, 0.2) is 0 Å². The molecule has 1 aromatic heterocycles. The summed E-state index contributed by atoms with van der Waals surface area (Å²) in [6.45, 7) is 1.83. The van der Waals surface area contributed by atoms with E-state index in [2.05, 4.69) is 10.3 Å². The van der Waals surface area contributed by atoms with Gasteiger partial charge in [0.1, 0.15) is 5.75 Å². The Bertz CT molecular complexity index is 532. The fourth-order valence-electron chi connectivity index (χ4n) is 1.58. The van der Waals surface area contributed by atoms with Gasteiger partial charge in [-0.05, 0) is 19.1 Å². The van der Waals surface area contributed by atoms with Crippen molar-refractivity contribution in [3.8, 4) is 11.6 Å². The molecule has 2 aromatic rings. The van der Waals surface area contributed by atoms with Crippen molar-refractivity contribution in [3.63, 3.8) is 0 Å². The first-order valence-corrected chi connectivity index (χ1v) is 5.16. The Labute approximate surface area is 98.9 Å². The normalized spacial score (nSPS) is 10.9. The zero-order valence-electron chi connectivity index (χ0n) is 9.66. The lowest BCUT2D eigenvalue weighted by Gasteiger charge is -2.06. The van der Waals surface area contributed by atoms with Crippen LogP contribution in [0.5, 0.6) is 11.6 Å². The number of nitrogens with zero attached hydrogens (tertiary/aromatic N) is 3. The second-order valence-corrected chi connectivity index (χ2v) is 3.59. The lowest BCUT2D eigenvalue weighted by molar-refractivity contribution is 0.321. The van der Waals surface area contributed by atoms with Gasteiger partial charge in [0.25, 0.3) is 0 Å². The number of aryl methyl sites for hydroxylation is 2. The molecular weight excluding hydrogens is 218 g/mol. The average molecular weight is 231 g/mol. The minimum absolute atomic E-state index is 0.548. The third-order valence-corrected chi connectivity index (χ3v) is 2.36. The van der Waals surface area contributed by atoms with Crippen LogP contribution in [0.4, 0.5) is 0 Å². The van der Waals surface area contributed by atoms with E-state index >= 15 is 0 Å². The number of hydrogen-bond donors (Lipinski definition) is 1. The Morgan fingerprint density at radius 3 is 2.71 bits per heavy atom. The highest BCUT2D eigenvalue weighted by Gasteiger charge is 2.13. The van der Waals surface area contributed by atoms with Crippen LogP contribution in [0.2, 0.25) is 0 Å². The van der Waals surface area contributed by atoms with Gasteiger partial charge >= 0.3 is 0 Å². The first kappa shape index (κ1) is 11.2. The van der Waals surface area contributed by atoms with Gasteiger partial charge in [0, 0.05) is 7.05 Å². The predicted molar refractivity (Wildman–Crippen MR) is 63.8 cm³/mol. The smallest absolute Gasteiger partial charge is 0.226 e. The minimum Gasteiger partial charge on any atom is -0.439 e. The van der Waals surface area contributed by atoms with Crippen LogP contribution in [0, 0.1) is 6.92 Å². The summed E-state index contributed by atoms with van der Waals surface area (Å²) in [4.78, 5) is 0. The topological polar surface area (TPSA) is 59.6 Å². The van der Waals surface area contributed by atoms with Crippen LogP contribution in [-0.2, 0) is 7.05 Å². The summed E-state index contributed by atoms with van der Waals surface area (Å²) in [6.07, 6.45) is 1.32. The van der Waals surface area contributed by atoms with Gasteiger partial charge in [-0.15, -0.1) is 0 Å². The predicted octanol–water partition coefficient (Wildman–Crippen LogP) is 2.33. The fraction of sp³-hybridized carbons (Fsp3) is 0.167. The van der Waals surface area contributed by atoms with Crippen LogP contribution in [0.15, 0.2) is 35.5 Å². The molecule has 1 heterocycles. The molecule has 0 fully saturated rings. The van der Waals surface area contributed by atoms with Crippen LogP contribution in [-0.4, -0.2) is 21.2 Å². The molecule has 0 aliphatic rings. The van der Waals surface area contributed by atoms with Crippen LogP contribution in [0.25, 0.3) is 0 Å². The lowest BCUT2D eigenvalue weighted by Crippen LogP contribution is -1.96. The van der Waals surface area contributed by atoms with Crippen molar-refractivity contribution in [3.05, 3.63) is 41.6 Å². The van der Waals surface area contributed by atoms with Gasteiger partial charge in [0.05, 0.1) is 17.5 Å². The van der Waals surface area contributed by atoms with E-state index in [4.69, 9.17) is 9.94 Å². The van der Waals surface area contributed by atoms with Gasteiger partial charge in [-0.1, -0.05) is 23.4 Å². The van der Waals surface area contributed by atoms with Crippen molar-refractivity contribution >= 4 is 6.21 Å². The van der Waals surface area contributed by atoms with Crippen molar-refractivity contribution in [2.45, 2.75) is 6.92 Å². The molecule has 0 radical (unpaired) electrons. The highest BCUT2D eigenvalue weighted by atomic mass is 16.5. The molecule has 0 aliphatic heterocycles. The van der Waals surface area contributed by atoms with E-state index in [9.17, 15) is 0 Å². The highest BCUT2D eigenvalue weighted by Crippen LogP contribution is 2.25. The maximum atomic E-state index is 8.62. The first-order chi connectivity index (χ1) is 8.22. The van der Waals surface area contributed by atoms with E-state index in [0.717, 1.165) is 5.69 Å². The largest absolute Gasteiger partial charge is 0.439 e. The summed E-state index contributed by atoms with van der Waals surface area (Å²) in [5.41, 5.74) is 1.41. The third-order valence-electron chi connectivity index (χ3n) is 2.36. The van der Waals surface area contributed by atoms with E-state index in [0.29, 0.717) is 17.2 Å². The van der Waals surface area contributed by atoms with Gasteiger partial charge < -0.3 is 9.94 Å². The van der Waals surface area contributed by atoms with Crippen molar-refractivity contribution in [1.29, 1.82) is 0 Å². The summed E-state index contributed by atoms with van der Waals surface area (Å²) in [5.74, 6) is 1.26. The molecular formula is C12H13N3O2. The Hall–Kier alpha value is -2.30. The maximum absolute atomic E-state index is 8.62. The van der Waals surface area contributed by atoms with E-state index in [1.165, 1.54) is 6.21 Å². The molecule has 0 spiro atoms. The molecule has 5 heteroatoms. The molecule has 2 rings (SSSR count). The van der Waals surface area contributed by atoms with Gasteiger partial charge in [-0.3, -0.25) is 0 Å². The average Bonchev–Trinajstić information content (AvgIpc) is 2.58. The summed E-state index contributed by atoms with van der Waals surface area (Å²) in [7, 11) is 1.78. The van der Waals surface area contributed by atoms with Crippen molar-refractivity contribution in [2.75, 3.05) is 0 Å². The number of para-hydroxylation sites is 1. The van der Waals surface area contributed by atoms with Gasteiger partial charge in [0.2, 0.25) is 5.88 Å². The lowest BCUT2D eigenvalue weighted by atomic mass is 10.3. The first-order valence-electron chi connectivity index (χ1n) is 5.16. The number of rotatable bonds is 3. The van der Waals surface area contributed by atoms with Crippen molar-refractivity contribution < 1.29 is 9.94 Å². The van der Waals surface area contributed by atoms with E-state index < -0.39 is 0 Å². The molecule has 88 valence electrons. The number of oxime groups is 1. The Morgan fingerprint density at radius 1 is 1.35 bits per heavy atom. The van der Waals surface area contributed by atoms with Crippen molar-refractivity contribution in [2.24, 2.45) is 12.2 Å². The molecule has 0 saturated carbocycles. The third kappa shape index (κ3) is 2.28. The number of ether oxygens (including phenoxy) is 1. The number of hydrogen-bond acceptors (Lipinski definition) is 4. The molecule has 17 heavy (non-hydrogen) atoms. The number of aromatic nitrogens is 2. The van der Waals surface area contributed by atoms with Crippen LogP contribution in [0.3, 0.4) is 0 Å². The van der Waals surface area contributed by atoms with Crippen LogP contribution in [0.1, 0.15) is 11.3 Å². The molecule has 5 nitrogen and oxygen atoms in total.